The Morgan fingerprint density at radius 2 is 2.12 bits per heavy atom. The van der Waals surface area contributed by atoms with Gasteiger partial charge in [0.2, 0.25) is 0 Å². The molecule has 5 N–H and O–H groups in total. The molecule has 0 aliphatic heterocycles. The van der Waals surface area contributed by atoms with Crippen molar-refractivity contribution < 1.29 is 10.2 Å². The van der Waals surface area contributed by atoms with Gasteiger partial charge in [0, 0.05) is 28.7 Å². The summed E-state index contributed by atoms with van der Waals surface area (Å²) in [5.41, 5.74) is 9.26. The highest BCUT2D eigenvalue weighted by atomic mass is 16.3. The molecule has 4 rings (SSSR count). The molecule has 0 radical (unpaired) electrons. The number of benzene rings is 1. The fraction of sp³-hybridized carbons (Fsp3) is 0.188. The van der Waals surface area contributed by atoms with Gasteiger partial charge >= 0.3 is 0 Å². The van der Waals surface area contributed by atoms with Gasteiger partial charge in [0.05, 0.1) is 30.5 Å². The first-order valence-corrected chi connectivity index (χ1v) is 7.51. The summed E-state index contributed by atoms with van der Waals surface area (Å²) in [7, 11) is 0. The minimum absolute atomic E-state index is 0.193. The van der Waals surface area contributed by atoms with E-state index in [2.05, 4.69) is 20.3 Å². The molecule has 24 heavy (non-hydrogen) atoms. The molecule has 0 aliphatic rings. The average molecular weight is 324 g/mol. The van der Waals surface area contributed by atoms with Gasteiger partial charge in [-0.05, 0) is 12.1 Å². The minimum atomic E-state index is -0.869. The second-order valence-corrected chi connectivity index (χ2v) is 5.65. The van der Waals surface area contributed by atoms with Crippen molar-refractivity contribution in [1.29, 1.82) is 0 Å². The molecule has 3 aromatic heterocycles. The van der Waals surface area contributed by atoms with Crippen molar-refractivity contribution in [3.05, 3.63) is 36.7 Å². The van der Waals surface area contributed by atoms with Crippen LogP contribution in [0.5, 0.6) is 0 Å². The fourth-order valence-corrected chi connectivity index (χ4v) is 2.79. The Hall–Kier alpha value is -2.97. The first-order chi connectivity index (χ1) is 11.7. The maximum absolute atomic E-state index is 9.59. The van der Waals surface area contributed by atoms with Crippen LogP contribution in [0.15, 0.2) is 36.7 Å². The van der Waals surface area contributed by atoms with Gasteiger partial charge in [0.25, 0.3) is 0 Å². The molecule has 3 heterocycles. The van der Waals surface area contributed by atoms with Gasteiger partial charge in [-0.1, -0.05) is 12.1 Å². The van der Waals surface area contributed by atoms with Crippen LogP contribution in [0.25, 0.3) is 33.1 Å². The number of aromatic amines is 1. The second kappa shape index (κ2) is 5.59. The minimum Gasteiger partial charge on any atom is -0.394 e. The lowest BCUT2D eigenvalue weighted by Crippen LogP contribution is -2.19. The van der Waals surface area contributed by atoms with E-state index in [1.54, 1.807) is 10.9 Å². The molecular formula is C16H16N6O2. The van der Waals surface area contributed by atoms with E-state index >= 15 is 0 Å². The van der Waals surface area contributed by atoms with Gasteiger partial charge in [-0.3, -0.25) is 9.78 Å². The van der Waals surface area contributed by atoms with E-state index in [0.29, 0.717) is 11.3 Å². The summed E-state index contributed by atoms with van der Waals surface area (Å²) >= 11 is 0. The Labute approximate surface area is 136 Å². The van der Waals surface area contributed by atoms with Crippen molar-refractivity contribution in [3.8, 4) is 11.3 Å². The van der Waals surface area contributed by atoms with Crippen LogP contribution in [0.2, 0.25) is 0 Å². The summed E-state index contributed by atoms with van der Waals surface area (Å²) in [6.45, 7) is -0.128. The van der Waals surface area contributed by atoms with Crippen molar-refractivity contribution in [1.82, 2.24) is 25.0 Å². The number of nitrogens with two attached hydrogens (primary N) is 1. The van der Waals surface area contributed by atoms with Gasteiger partial charge in [-0.15, -0.1) is 0 Å². The lowest BCUT2D eigenvalue weighted by Gasteiger charge is -2.05. The number of pyridine rings is 1. The first kappa shape index (κ1) is 14.6. The van der Waals surface area contributed by atoms with Crippen LogP contribution in [0.3, 0.4) is 0 Å². The molecule has 0 spiro atoms. The molecule has 0 aliphatic carbocycles. The van der Waals surface area contributed by atoms with Crippen LogP contribution >= 0.6 is 0 Å². The zero-order chi connectivity index (χ0) is 16.7. The third-order valence-corrected chi connectivity index (χ3v) is 3.95. The second-order valence-electron chi connectivity index (χ2n) is 5.65. The Morgan fingerprint density at radius 1 is 1.25 bits per heavy atom. The maximum Gasteiger partial charge on any atom is 0.152 e. The monoisotopic (exact) mass is 324 g/mol. The Balaban J connectivity index is 1.87. The summed E-state index contributed by atoms with van der Waals surface area (Å²) in [5.74, 6) is 0.330. The van der Waals surface area contributed by atoms with Gasteiger partial charge in [0.15, 0.2) is 5.82 Å². The van der Waals surface area contributed by atoms with E-state index < -0.39 is 6.10 Å². The molecule has 0 saturated heterocycles. The van der Waals surface area contributed by atoms with E-state index in [0.717, 1.165) is 27.5 Å². The van der Waals surface area contributed by atoms with Crippen molar-refractivity contribution in [2.75, 3.05) is 12.3 Å². The zero-order valence-corrected chi connectivity index (χ0v) is 12.7. The number of aliphatic hydroxyl groups excluding tert-OH is 2. The zero-order valence-electron chi connectivity index (χ0n) is 12.7. The summed E-state index contributed by atoms with van der Waals surface area (Å²) in [5, 5.41) is 31.6. The molecule has 0 bridgehead atoms. The number of hydrogen-bond donors (Lipinski definition) is 4. The molecule has 8 heteroatoms. The lowest BCUT2D eigenvalue weighted by molar-refractivity contribution is 0.0784. The van der Waals surface area contributed by atoms with Crippen LogP contribution in [0.4, 0.5) is 5.82 Å². The van der Waals surface area contributed by atoms with Crippen molar-refractivity contribution >= 4 is 27.6 Å². The van der Waals surface area contributed by atoms with Gasteiger partial charge in [0.1, 0.15) is 5.52 Å². The standard InChI is InChI=1S/C16H16N6O2/c17-16-15-12(7-22(21-15)6-10(24)8-23)11-2-1-9(5-14(11)19-16)13-3-4-18-20-13/h1-5,7,10,23-24H,6,8H2,(H2,17,19)(H,18,20)/t10-/m1/s1. The molecule has 0 saturated carbocycles. The molecule has 122 valence electrons. The highest BCUT2D eigenvalue weighted by Gasteiger charge is 2.13. The van der Waals surface area contributed by atoms with Crippen LogP contribution < -0.4 is 5.73 Å². The topological polar surface area (TPSA) is 126 Å². The molecule has 1 atom stereocenters. The van der Waals surface area contributed by atoms with Gasteiger partial charge < -0.3 is 15.9 Å². The fourth-order valence-electron chi connectivity index (χ4n) is 2.79. The smallest absolute Gasteiger partial charge is 0.152 e. The largest absolute Gasteiger partial charge is 0.394 e. The van der Waals surface area contributed by atoms with E-state index in [-0.39, 0.29) is 13.2 Å². The number of nitrogens with one attached hydrogen (secondary N) is 1. The predicted octanol–water partition coefficient (Wildman–Crippen LogP) is 0.910. The van der Waals surface area contributed by atoms with Crippen LogP contribution in [-0.4, -0.2) is 47.9 Å². The molecule has 8 nitrogen and oxygen atoms in total. The summed E-state index contributed by atoms with van der Waals surface area (Å²) in [6.07, 6.45) is 2.64. The lowest BCUT2D eigenvalue weighted by atomic mass is 10.1. The number of fused-ring (bicyclic) bond motifs is 3. The quantitative estimate of drug-likeness (QED) is 0.442. The van der Waals surface area contributed by atoms with Crippen LogP contribution in [-0.2, 0) is 6.54 Å². The van der Waals surface area contributed by atoms with E-state index in [1.165, 1.54) is 0 Å². The van der Waals surface area contributed by atoms with Crippen LogP contribution in [0.1, 0.15) is 0 Å². The third-order valence-electron chi connectivity index (χ3n) is 3.95. The van der Waals surface area contributed by atoms with Gasteiger partial charge in [-0.25, -0.2) is 4.98 Å². The third kappa shape index (κ3) is 2.38. The summed E-state index contributed by atoms with van der Waals surface area (Å²) in [4.78, 5) is 4.44. The normalized spacial score (nSPS) is 12.9. The number of nitrogen functional groups attached to an aromatic ring is 1. The van der Waals surface area contributed by atoms with Crippen molar-refractivity contribution in [2.45, 2.75) is 12.6 Å². The molecule has 4 aromatic rings. The van der Waals surface area contributed by atoms with E-state index in [9.17, 15) is 5.11 Å². The van der Waals surface area contributed by atoms with E-state index in [4.69, 9.17) is 10.8 Å². The summed E-state index contributed by atoms with van der Waals surface area (Å²) < 4.78 is 1.58. The Kier molecular flexibility index (Phi) is 3.40. The molecular weight excluding hydrogens is 308 g/mol. The molecule has 0 fully saturated rings. The van der Waals surface area contributed by atoms with Crippen LogP contribution in [0, 0.1) is 0 Å². The predicted molar refractivity (Wildman–Crippen MR) is 90.1 cm³/mol. The number of hydrogen-bond acceptors (Lipinski definition) is 6. The number of nitrogens with zero attached hydrogens (tertiary/aromatic N) is 4. The van der Waals surface area contributed by atoms with Crippen molar-refractivity contribution in [3.63, 3.8) is 0 Å². The number of rotatable bonds is 4. The number of aliphatic hydroxyl groups is 2. The van der Waals surface area contributed by atoms with E-state index in [1.807, 2.05) is 30.5 Å². The Morgan fingerprint density at radius 3 is 2.88 bits per heavy atom. The highest BCUT2D eigenvalue weighted by Crippen LogP contribution is 2.29. The van der Waals surface area contributed by atoms with Gasteiger partial charge in [-0.2, -0.15) is 10.2 Å². The number of aromatic nitrogens is 5. The first-order valence-electron chi connectivity index (χ1n) is 7.51. The maximum atomic E-state index is 9.59. The van der Waals surface area contributed by atoms with Crippen molar-refractivity contribution in [2.24, 2.45) is 0 Å². The SMILES string of the molecule is Nc1nc2cc(-c3ccn[nH]3)ccc2c2cn(C[C@@H](O)CO)nc12. The molecule has 0 amide bonds. The average Bonchev–Trinajstić information content (AvgIpc) is 3.24. The molecule has 1 aromatic carbocycles. The number of anilines is 1. The number of H-pyrrole nitrogens is 1. The Bertz CT molecular complexity index is 1010. The molecule has 0 unspecified atom stereocenters. The summed E-state index contributed by atoms with van der Waals surface area (Å²) in [6, 6.07) is 7.78. The highest BCUT2D eigenvalue weighted by molar-refractivity contribution is 6.08.